The Hall–Kier alpha value is -3.13. The zero-order valence-corrected chi connectivity index (χ0v) is 21.6. The van der Waals surface area contributed by atoms with Crippen LogP contribution >= 0.6 is 0 Å². The molecular formula is C30H36F2N4O. The molecule has 0 aromatic heterocycles. The molecule has 1 heterocycles. The number of benzene rings is 2. The fraction of sp³-hybridized carbons (Fsp3) is 0.367. The number of hydrogen-bond donors (Lipinski definition) is 2. The molecular weight excluding hydrogens is 470 g/mol. The van der Waals surface area contributed by atoms with E-state index in [1.165, 1.54) is 24.3 Å². The summed E-state index contributed by atoms with van der Waals surface area (Å²) in [4.78, 5) is 18.0. The third-order valence-electron chi connectivity index (χ3n) is 6.99. The number of anilines is 1. The third kappa shape index (κ3) is 6.80. The molecule has 0 amide bonds. The van der Waals surface area contributed by atoms with Crippen molar-refractivity contribution in [2.24, 2.45) is 5.73 Å². The van der Waals surface area contributed by atoms with E-state index >= 15 is 0 Å². The molecule has 0 spiro atoms. The lowest BCUT2D eigenvalue weighted by Gasteiger charge is -2.39. The molecule has 37 heavy (non-hydrogen) atoms. The van der Waals surface area contributed by atoms with Gasteiger partial charge in [-0.25, -0.2) is 8.78 Å². The quantitative estimate of drug-likeness (QED) is 0.440. The molecule has 0 atom stereocenters. The first-order valence-corrected chi connectivity index (χ1v) is 12.9. The van der Waals surface area contributed by atoms with Gasteiger partial charge in [0.05, 0.1) is 11.7 Å². The average molecular weight is 507 g/mol. The van der Waals surface area contributed by atoms with Gasteiger partial charge in [0.2, 0.25) is 5.43 Å². The lowest BCUT2D eigenvalue weighted by Crippen LogP contribution is -2.47. The van der Waals surface area contributed by atoms with Gasteiger partial charge in [0.25, 0.3) is 0 Å². The first kappa shape index (κ1) is 26.9. The summed E-state index contributed by atoms with van der Waals surface area (Å²) in [6.45, 7) is 8.88. The number of hydrogen-bond acceptors (Lipinski definition) is 5. The number of nitrogens with two attached hydrogens (primary N) is 1. The van der Waals surface area contributed by atoms with E-state index in [4.69, 9.17) is 5.73 Å². The molecule has 1 aliphatic heterocycles. The van der Waals surface area contributed by atoms with Crippen molar-refractivity contribution < 1.29 is 8.78 Å². The van der Waals surface area contributed by atoms with Crippen LogP contribution in [0.25, 0.3) is 0 Å². The van der Waals surface area contributed by atoms with Crippen LogP contribution in [0.4, 0.5) is 14.5 Å². The van der Waals surface area contributed by atoms with Crippen molar-refractivity contribution in [2.45, 2.75) is 32.4 Å². The summed E-state index contributed by atoms with van der Waals surface area (Å²) in [5.41, 5.74) is 10.1. The van der Waals surface area contributed by atoms with Crippen molar-refractivity contribution in [1.82, 2.24) is 9.80 Å². The summed E-state index contributed by atoms with van der Waals surface area (Å²) in [6, 6.07) is 18.9. The fourth-order valence-electron chi connectivity index (χ4n) is 4.87. The van der Waals surface area contributed by atoms with Gasteiger partial charge in [0.15, 0.2) is 0 Å². The van der Waals surface area contributed by atoms with Crippen molar-refractivity contribution >= 4 is 5.69 Å². The van der Waals surface area contributed by atoms with E-state index in [0.717, 1.165) is 48.4 Å². The van der Waals surface area contributed by atoms with Gasteiger partial charge in [0, 0.05) is 51.4 Å². The van der Waals surface area contributed by atoms with E-state index < -0.39 is 0 Å². The Morgan fingerprint density at radius 3 is 1.89 bits per heavy atom. The molecule has 0 bridgehead atoms. The highest BCUT2D eigenvalue weighted by Crippen LogP contribution is 2.30. The third-order valence-corrected chi connectivity index (χ3v) is 6.99. The molecule has 0 aliphatic carbocycles. The first-order chi connectivity index (χ1) is 17.9. The van der Waals surface area contributed by atoms with Crippen LogP contribution in [0.1, 0.15) is 48.1 Å². The zero-order valence-electron chi connectivity index (χ0n) is 21.6. The topological polar surface area (TPSA) is 61.6 Å². The largest absolute Gasteiger partial charge is 0.381 e. The summed E-state index contributed by atoms with van der Waals surface area (Å²) in [5.74, 6) is -0.259. The molecule has 7 heteroatoms. The van der Waals surface area contributed by atoms with Gasteiger partial charge in [-0.1, -0.05) is 50.2 Å². The Labute approximate surface area is 217 Å². The SMILES string of the molecule is CC(C)c1ccc(CN2CCN(C(c3ccc(F)cc3)c3ccc(F)cc3)CC2)c(=O)c(NCCN)c1. The van der Waals surface area contributed by atoms with Crippen LogP contribution in [0.5, 0.6) is 0 Å². The maximum absolute atomic E-state index is 13.6. The second-order valence-electron chi connectivity index (χ2n) is 9.93. The Bertz CT molecular complexity index is 1180. The second kappa shape index (κ2) is 12.4. The Kier molecular flexibility index (Phi) is 9.03. The normalized spacial score (nSPS) is 14.9. The summed E-state index contributed by atoms with van der Waals surface area (Å²) < 4.78 is 27.3. The summed E-state index contributed by atoms with van der Waals surface area (Å²) in [6.07, 6.45) is 0. The molecule has 0 unspecified atom stereocenters. The van der Waals surface area contributed by atoms with Gasteiger partial charge >= 0.3 is 0 Å². The lowest BCUT2D eigenvalue weighted by atomic mass is 9.96. The monoisotopic (exact) mass is 506 g/mol. The van der Waals surface area contributed by atoms with Gasteiger partial charge in [-0.15, -0.1) is 0 Å². The van der Waals surface area contributed by atoms with E-state index in [1.807, 2.05) is 18.2 Å². The summed E-state index contributed by atoms with van der Waals surface area (Å²) >= 11 is 0. The Morgan fingerprint density at radius 2 is 1.38 bits per heavy atom. The van der Waals surface area contributed by atoms with Gasteiger partial charge in [-0.3, -0.25) is 14.6 Å². The molecule has 0 saturated carbocycles. The number of piperazine rings is 1. The zero-order chi connectivity index (χ0) is 26.4. The maximum atomic E-state index is 13.6. The Balaban J connectivity index is 1.52. The summed E-state index contributed by atoms with van der Waals surface area (Å²) in [5, 5.41) is 3.20. The summed E-state index contributed by atoms with van der Waals surface area (Å²) in [7, 11) is 0. The van der Waals surface area contributed by atoms with Crippen molar-refractivity contribution in [2.75, 3.05) is 44.6 Å². The average Bonchev–Trinajstić information content (AvgIpc) is 3.05. The number of rotatable bonds is 9. The molecule has 196 valence electrons. The first-order valence-electron chi connectivity index (χ1n) is 12.9. The van der Waals surface area contributed by atoms with Crippen LogP contribution in [0.2, 0.25) is 0 Å². The molecule has 3 aromatic rings. The van der Waals surface area contributed by atoms with E-state index in [2.05, 4.69) is 29.0 Å². The van der Waals surface area contributed by atoms with Crippen LogP contribution in [0, 0.1) is 11.6 Å². The smallest absolute Gasteiger partial charge is 0.206 e. The molecule has 1 fully saturated rings. The van der Waals surface area contributed by atoms with Gasteiger partial charge < -0.3 is 11.1 Å². The standard InChI is InChI=1S/C30H36F2N4O/c1-21(2)24-3-4-25(30(37)28(19-24)34-14-13-33)20-35-15-17-36(18-16-35)29(22-5-9-26(31)10-6-22)23-7-11-27(32)12-8-23/h3-12,19,21,29H,13-18,20,33H2,1-2H3,(H,34,37). The van der Waals surface area contributed by atoms with Crippen LogP contribution in [-0.4, -0.2) is 49.1 Å². The highest BCUT2D eigenvalue weighted by molar-refractivity contribution is 5.48. The highest BCUT2D eigenvalue weighted by atomic mass is 19.1. The molecule has 0 radical (unpaired) electrons. The van der Waals surface area contributed by atoms with Gasteiger partial charge in [-0.2, -0.15) is 0 Å². The second-order valence-corrected chi connectivity index (χ2v) is 9.93. The van der Waals surface area contributed by atoms with E-state index in [0.29, 0.717) is 31.2 Å². The maximum Gasteiger partial charge on any atom is 0.206 e. The minimum Gasteiger partial charge on any atom is -0.381 e. The van der Waals surface area contributed by atoms with Crippen molar-refractivity contribution in [3.05, 3.63) is 111 Å². The molecule has 1 aliphatic rings. The van der Waals surface area contributed by atoms with Crippen LogP contribution < -0.4 is 16.5 Å². The minimum absolute atomic E-state index is 0.0123. The van der Waals surface area contributed by atoms with Crippen LogP contribution in [0.15, 0.2) is 71.5 Å². The molecule has 3 aromatic carbocycles. The molecule has 3 N–H and O–H groups in total. The van der Waals surface area contributed by atoms with Gasteiger partial charge in [0.1, 0.15) is 11.6 Å². The van der Waals surface area contributed by atoms with Gasteiger partial charge in [-0.05, 0) is 52.9 Å². The lowest BCUT2D eigenvalue weighted by molar-refractivity contribution is 0.104. The van der Waals surface area contributed by atoms with Crippen molar-refractivity contribution in [3.8, 4) is 0 Å². The Morgan fingerprint density at radius 1 is 0.838 bits per heavy atom. The molecule has 4 rings (SSSR count). The highest BCUT2D eigenvalue weighted by Gasteiger charge is 2.27. The van der Waals surface area contributed by atoms with E-state index in [-0.39, 0.29) is 23.1 Å². The predicted molar refractivity (Wildman–Crippen MR) is 146 cm³/mol. The fourth-order valence-corrected chi connectivity index (χ4v) is 4.87. The van der Waals surface area contributed by atoms with E-state index in [9.17, 15) is 13.6 Å². The molecule has 5 nitrogen and oxygen atoms in total. The number of nitrogens with zero attached hydrogens (tertiary/aromatic N) is 2. The van der Waals surface area contributed by atoms with Crippen LogP contribution in [-0.2, 0) is 6.54 Å². The molecule has 1 saturated heterocycles. The minimum atomic E-state index is -0.281. The van der Waals surface area contributed by atoms with Crippen molar-refractivity contribution in [1.29, 1.82) is 0 Å². The number of nitrogens with one attached hydrogen (secondary N) is 1. The van der Waals surface area contributed by atoms with Crippen molar-refractivity contribution in [3.63, 3.8) is 0 Å². The number of halogens is 2. The van der Waals surface area contributed by atoms with Crippen LogP contribution in [0.3, 0.4) is 0 Å². The predicted octanol–water partition coefficient (Wildman–Crippen LogP) is 4.73. The van der Waals surface area contributed by atoms with E-state index in [1.54, 1.807) is 24.3 Å².